The van der Waals surface area contributed by atoms with Crippen LogP contribution in [0.5, 0.6) is 0 Å². The van der Waals surface area contributed by atoms with Crippen LogP contribution in [0.25, 0.3) is 0 Å². The number of amides is 1. The number of rotatable bonds is 3. The highest BCUT2D eigenvalue weighted by molar-refractivity contribution is 5.93. The van der Waals surface area contributed by atoms with E-state index in [9.17, 15) is 4.79 Å². The molecule has 108 valence electrons. The molecule has 2 fully saturated rings. The van der Waals surface area contributed by atoms with Gasteiger partial charge >= 0.3 is 0 Å². The van der Waals surface area contributed by atoms with E-state index in [1.165, 1.54) is 32.1 Å². The molecule has 3 rings (SSSR count). The number of hydrogen-bond donors (Lipinski definition) is 0. The van der Waals surface area contributed by atoms with E-state index in [1.807, 2.05) is 19.2 Å². The Labute approximate surface area is 120 Å². The lowest BCUT2D eigenvalue weighted by atomic mass is 9.68. The number of carbonyl (C=O) groups is 1. The van der Waals surface area contributed by atoms with Crippen molar-refractivity contribution in [2.24, 2.45) is 17.8 Å². The summed E-state index contributed by atoms with van der Waals surface area (Å²) >= 11 is 0. The average molecular weight is 273 g/mol. The first-order chi connectivity index (χ1) is 9.75. The van der Waals surface area contributed by atoms with E-state index in [4.69, 9.17) is 0 Å². The molecule has 0 aliphatic heterocycles. The molecule has 0 radical (unpaired) electrons. The fraction of sp³-hybridized carbons (Fsp3) is 0.688. The van der Waals surface area contributed by atoms with Gasteiger partial charge in [0.2, 0.25) is 5.91 Å². The maximum absolute atomic E-state index is 12.5. The van der Waals surface area contributed by atoms with Crippen LogP contribution >= 0.6 is 0 Å². The molecule has 4 heteroatoms. The van der Waals surface area contributed by atoms with E-state index in [0.717, 1.165) is 24.7 Å². The molecule has 1 heterocycles. The second kappa shape index (κ2) is 5.90. The van der Waals surface area contributed by atoms with Crippen LogP contribution in [0.4, 0.5) is 5.82 Å². The topological polar surface area (TPSA) is 46.1 Å². The zero-order valence-corrected chi connectivity index (χ0v) is 12.2. The molecule has 2 aliphatic carbocycles. The second-order valence-corrected chi connectivity index (χ2v) is 6.28. The Kier molecular flexibility index (Phi) is 3.99. The van der Waals surface area contributed by atoms with E-state index in [2.05, 4.69) is 10.2 Å². The summed E-state index contributed by atoms with van der Waals surface area (Å²) < 4.78 is 0. The van der Waals surface area contributed by atoms with Crippen molar-refractivity contribution in [2.75, 3.05) is 11.9 Å². The van der Waals surface area contributed by atoms with Gasteiger partial charge in [-0.1, -0.05) is 19.3 Å². The van der Waals surface area contributed by atoms with E-state index in [1.54, 1.807) is 11.1 Å². The summed E-state index contributed by atoms with van der Waals surface area (Å²) in [5, 5.41) is 7.86. The molecular formula is C16H23N3O. The van der Waals surface area contributed by atoms with E-state index < -0.39 is 0 Å². The molecule has 0 bridgehead atoms. The van der Waals surface area contributed by atoms with Gasteiger partial charge in [-0.2, -0.15) is 5.10 Å². The van der Waals surface area contributed by atoms with Crippen molar-refractivity contribution in [2.45, 2.75) is 44.9 Å². The van der Waals surface area contributed by atoms with Crippen LogP contribution in [0, 0.1) is 17.8 Å². The lowest BCUT2D eigenvalue weighted by Crippen LogP contribution is -2.37. The van der Waals surface area contributed by atoms with Gasteiger partial charge in [0, 0.05) is 19.2 Å². The summed E-state index contributed by atoms with van der Waals surface area (Å²) in [6, 6.07) is 3.66. The molecule has 0 N–H and O–H groups in total. The van der Waals surface area contributed by atoms with Crippen molar-refractivity contribution >= 4 is 11.7 Å². The Morgan fingerprint density at radius 1 is 1.15 bits per heavy atom. The molecule has 1 amide bonds. The molecule has 4 nitrogen and oxygen atoms in total. The van der Waals surface area contributed by atoms with E-state index in [-0.39, 0.29) is 11.8 Å². The Hall–Kier alpha value is -1.45. The van der Waals surface area contributed by atoms with Gasteiger partial charge in [0.25, 0.3) is 0 Å². The van der Waals surface area contributed by atoms with Crippen molar-refractivity contribution in [1.82, 2.24) is 10.2 Å². The minimum absolute atomic E-state index is 0.179. The standard InChI is InChI=1S/C16H23N3O/c1-19(15-6-3-11-17-18-15)16(20)14-9-7-13(8-10-14)12-4-2-5-12/h3,6,11-14H,2,4-5,7-10H2,1H3. The van der Waals surface area contributed by atoms with Gasteiger partial charge in [0.15, 0.2) is 5.82 Å². The largest absolute Gasteiger partial charge is 0.298 e. The summed E-state index contributed by atoms with van der Waals surface area (Å²) in [5.41, 5.74) is 0. The number of anilines is 1. The molecule has 2 saturated carbocycles. The first-order valence-corrected chi connectivity index (χ1v) is 7.81. The van der Waals surface area contributed by atoms with Gasteiger partial charge < -0.3 is 0 Å². The first kappa shape index (κ1) is 13.5. The number of aromatic nitrogens is 2. The fourth-order valence-corrected chi connectivity index (χ4v) is 3.61. The van der Waals surface area contributed by atoms with Gasteiger partial charge in [-0.25, -0.2) is 0 Å². The molecule has 0 spiro atoms. The highest BCUT2D eigenvalue weighted by Crippen LogP contribution is 2.42. The third kappa shape index (κ3) is 2.69. The summed E-state index contributed by atoms with van der Waals surface area (Å²) in [6.07, 6.45) is 10.4. The summed E-state index contributed by atoms with van der Waals surface area (Å²) in [5.74, 6) is 2.88. The first-order valence-electron chi connectivity index (χ1n) is 7.81. The Morgan fingerprint density at radius 2 is 1.85 bits per heavy atom. The van der Waals surface area contributed by atoms with Crippen LogP contribution < -0.4 is 4.90 Å². The van der Waals surface area contributed by atoms with Crippen molar-refractivity contribution in [1.29, 1.82) is 0 Å². The van der Waals surface area contributed by atoms with Crippen molar-refractivity contribution in [3.8, 4) is 0 Å². The normalized spacial score (nSPS) is 26.9. The molecule has 1 aromatic heterocycles. The summed E-state index contributed by atoms with van der Waals surface area (Å²) in [6.45, 7) is 0. The molecule has 2 aliphatic rings. The van der Waals surface area contributed by atoms with Crippen molar-refractivity contribution in [3.63, 3.8) is 0 Å². The van der Waals surface area contributed by atoms with Crippen molar-refractivity contribution < 1.29 is 4.79 Å². The van der Waals surface area contributed by atoms with Gasteiger partial charge in [-0.15, -0.1) is 5.10 Å². The number of hydrogen-bond acceptors (Lipinski definition) is 3. The average Bonchev–Trinajstić information content (AvgIpc) is 2.46. The monoisotopic (exact) mass is 273 g/mol. The Bertz CT molecular complexity index is 450. The third-order valence-electron chi connectivity index (χ3n) is 5.17. The maximum Gasteiger partial charge on any atom is 0.231 e. The highest BCUT2D eigenvalue weighted by atomic mass is 16.2. The van der Waals surface area contributed by atoms with Gasteiger partial charge in [-0.05, 0) is 49.7 Å². The quantitative estimate of drug-likeness (QED) is 0.850. The van der Waals surface area contributed by atoms with Gasteiger partial charge in [-0.3, -0.25) is 9.69 Å². The van der Waals surface area contributed by atoms with Crippen LogP contribution in [-0.2, 0) is 4.79 Å². The van der Waals surface area contributed by atoms with Crippen LogP contribution in [0.15, 0.2) is 18.3 Å². The predicted molar refractivity (Wildman–Crippen MR) is 78.2 cm³/mol. The predicted octanol–water partition coefficient (Wildman–Crippen LogP) is 3.05. The zero-order valence-electron chi connectivity index (χ0n) is 12.2. The van der Waals surface area contributed by atoms with Crippen LogP contribution in [0.3, 0.4) is 0 Å². The van der Waals surface area contributed by atoms with Gasteiger partial charge in [0.05, 0.1) is 0 Å². The molecule has 0 aromatic carbocycles. The number of nitrogens with zero attached hydrogens (tertiary/aromatic N) is 3. The van der Waals surface area contributed by atoms with E-state index >= 15 is 0 Å². The molecule has 0 unspecified atom stereocenters. The SMILES string of the molecule is CN(C(=O)C1CCC(C2CCC2)CC1)c1cccnn1. The lowest BCUT2D eigenvalue weighted by molar-refractivity contribution is -0.123. The lowest BCUT2D eigenvalue weighted by Gasteiger charge is -2.38. The molecular weight excluding hydrogens is 250 g/mol. The molecule has 20 heavy (non-hydrogen) atoms. The Morgan fingerprint density at radius 3 is 2.40 bits per heavy atom. The molecule has 0 saturated heterocycles. The molecule has 1 aromatic rings. The minimum atomic E-state index is 0.179. The smallest absolute Gasteiger partial charge is 0.231 e. The highest BCUT2D eigenvalue weighted by Gasteiger charge is 2.34. The van der Waals surface area contributed by atoms with E-state index in [0.29, 0.717) is 5.82 Å². The van der Waals surface area contributed by atoms with Crippen LogP contribution in [0.1, 0.15) is 44.9 Å². The Balaban J connectivity index is 1.56. The summed E-state index contributed by atoms with van der Waals surface area (Å²) in [7, 11) is 1.81. The van der Waals surface area contributed by atoms with Crippen molar-refractivity contribution in [3.05, 3.63) is 18.3 Å². The molecule has 0 atom stereocenters. The van der Waals surface area contributed by atoms with Crippen LogP contribution in [0.2, 0.25) is 0 Å². The van der Waals surface area contributed by atoms with Gasteiger partial charge in [0.1, 0.15) is 0 Å². The fourth-order valence-electron chi connectivity index (χ4n) is 3.61. The zero-order chi connectivity index (χ0) is 13.9. The number of carbonyl (C=O) groups excluding carboxylic acids is 1. The third-order valence-corrected chi connectivity index (χ3v) is 5.17. The minimum Gasteiger partial charge on any atom is -0.298 e. The van der Waals surface area contributed by atoms with Crippen LogP contribution in [-0.4, -0.2) is 23.2 Å². The second-order valence-electron chi connectivity index (χ2n) is 6.28. The maximum atomic E-state index is 12.5. The summed E-state index contributed by atoms with van der Waals surface area (Å²) in [4.78, 5) is 14.2.